The predicted molar refractivity (Wildman–Crippen MR) is 87.6 cm³/mol. The molecule has 24 heavy (non-hydrogen) atoms. The molecule has 136 valence electrons. The van der Waals surface area contributed by atoms with Crippen molar-refractivity contribution >= 4 is 11.8 Å². The first-order valence-electron chi connectivity index (χ1n) is 8.89. The van der Waals surface area contributed by atoms with Crippen LogP contribution < -0.4 is 5.32 Å². The minimum absolute atomic E-state index is 0.118. The van der Waals surface area contributed by atoms with Crippen LogP contribution in [0.15, 0.2) is 0 Å². The molecule has 1 unspecified atom stereocenters. The summed E-state index contributed by atoms with van der Waals surface area (Å²) in [5.41, 5.74) is 0. The Morgan fingerprint density at radius 3 is 2.17 bits per heavy atom. The third-order valence-electron chi connectivity index (χ3n) is 4.87. The molecule has 0 spiro atoms. The number of amides is 2. The maximum atomic E-state index is 12.4. The zero-order valence-electron chi connectivity index (χ0n) is 14.2. The lowest BCUT2D eigenvalue weighted by molar-refractivity contribution is -0.141. The van der Waals surface area contributed by atoms with E-state index in [0.29, 0.717) is 65.6 Å². The van der Waals surface area contributed by atoms with Crippen LogP contribution in [0.5, 0.6) is 0 Å². The molecule has 8 nitrogen and oxygen atoms in total. The number of carbonyl (C=O) groups is 2. The van der Waals surface area contributed by atoms with Crippen molar-refractivity contribution in [3.05, 3.63) is 0 Å². The summed E-state index contributed by atoms with van der Waals surface area (Å²) in [5.74, 6) is 0.310. The Balaban J connectivity index is 1.38. The third kappa shape index (κ3) is 4.89. The van der Waals surface area contributed by atoms with Crippen molar-refractivity contribution in [1.29, 1.82) is 0 Å². The van der Waals surface area contributed by atoms with Crippen LogP contribution in [0.1, 0.15) is 6.42 Å². The van der Waals surface area contributed by atoms with Crippen molar-refractivity contribution < 1.29 is 19.1 Å². The van der Waals surface area contributed by atoms with Crippen LogP contribution in [-0.4, -0.2) is 111 Å². The maximum absolute atomic E-state index is 12.4. The van der Waals surface area contributed by atoms with Gasteiger partial charge in [0.05, 0.1) is 33.0 Å². The number of rotatable bonds is 4. The molecule has 0 aromatic rings. The van der Waals surface area contributed by atoms with Gasteiger partial charge in [-0.25, -0.2) is 0 Å². The molecule has 0 aliphatic carbocycles. The zero-order valence-corrected chi connectivity index (χ0v) is 14.2. The Morgan fingerprint density at radius 2 is 1.54 bits per heavy atom. The molecule has 2 amide bonds. The number of nitrogens with one attached hydrogen (secondary N) is 1. The van der Waals surface area contributed by atoms with Gasteiger partial charge in [-0.2, -0.15) is 0 Å². The Morgan fingerprint density at radius 1 is 0.875 bits per heavy atom. The lowest BCUT2D eigenvalue weighted by Crippen LogP contribution is -2.54. The van der Waals surface area contributed by atoms with Crippen LogP contribution in [0.4, 0.5) is 0 Å². The minimum Gasteiger partial charge on any atom is -0.379 e. The summed E-state index contributed by atoms with van der Waals surface area (Å²) in [6.45, 7) is 8.14. The number of hydrogen-bond donors (Lipinski definition) is 1. The van der Waals surface area contributed by atoms with Gasteiger partial charge in [0.1, 0.15) is 0 Å². The Labute approximate surface area is 143 Å². The highest BCUT2D eigenvalue weighted by Gasteiger charge is 2.27. The largest absolute Gasteiger partial charge is 0.379 e. The number of hydrogen-bond acceptors (Lipinski definition) is 6. The summed E-state index contributed by atoms with van der Waals surface area (Å²) in [4.78, 5) is 30.6. The zero-order chi connectivity index (χ0) is 16.8. The van der Waals surface area contributed by atoms with Crippen LogP contribution in [-0.2, 0) is 19.1 Å². The van der Waals surface area contributed by atoms with E-state index < -0.39 is 0 Å². The van der Waals surface area contributed by atoms with Crippen molar-refractivity contribution in [3.8, 4) is 0 Å². The van der Waals surface area contributed by atoms with Gasteiger partial charge in [-0.1, -0.05) is 0 Å². The van der Waals surface area contributed by atoms with Gasteiger partial charge in [-0.15, -0.1) is 0 Å². The summed E-state index contributed by atoms with van der Waals surface area (Å²) in [5, 5.41) is 3.31. The fraction of sp³-hybridized carbons (Fsp3) is 0.875. The van der Waals surface area contributed by atoms with Gasteiger partial charge in [-0.3, -0.25) is 14.5 Å². The molecular formula is C16H28N4O4. The molecule has 3 saturated heterocycles. The van der Waals surface area contributed by atoms with E-state index in [0.717, 1.165) is 19.6 Å². The first-order chi connectivity index (χ1) is 11.7. The van der Waals surface area contributed by atoms with Crippen LogP contribution in [0.3, 0.4) is 0 Å². The van der Waals surface area contributed by atoms with Crippen LogP contribution in [0, 0.1) is 0 Å². The molecule has 1 N–H and O–H groups in total. The highest BCUT2D eigenvalue weighted by atomic mass is 16.5. The molecule has 3 rings (SSSR count). The molecule has 3 aliphatic heterocycles. The predicted octanol–water partition coefficient (Wildman–Crippen LogP) is -1.63. The molecule has 8 heteroatoms. The van der Waals surface area contributed by atoms with E-state index in [2.05, 4.69) is 10.2 Å². The maximum Gasteiger partial charge on any atom is 0.236 e. The van der Waals surface area contributed by atoms with Gasteiger partial charge in [0, 0.05) is 58.3 Å². The van der Waals surface area contributed by atoms with Gasteiger partial charge >= 0.3 is 0 Å². The second-order valence-corrected chi connectivity index (χ2v) is 6.58. The van der Waals surface area contributed by atoms with Gasteiger partial charge < -0.3 is 24.6 Å². The van der Waals surface area contributed by atoms with E-state index in [1.54, 1.807) is 0 Å². The second-order valence-electron chi connectivity index (χ2n) is 6.58. The summed E-state index contributed by atoms with van der Waals surface area (Å²) in [7, 11) is 0. The summed E-state index contributed by atoms with van der Waals surface area (Å²) < 4.78 is 10.7. The fourth-order valence-corrected chi connectivity index (χ4v) is 3.35. The third-order valence-corrected chi connectivity index (χ3v) is 4.87. The molecule has 3 aliphatic rings. The van der Waals surface area contributed by atoms with Gasteiger partial charge in [0.15, 0.2) is 0 Å². The quantitative estimate of drug-likeness (QED) is 0.662. The number of piperazine rings is 1. The number of carbonyl (C=O) groups excluding carboxylic acids is 2. The van der Waals surface area contributed by atoms with E-state index in [1.807, 2.05) is 9.80 Å². The van der Waals surface area contributed by atoms with E-state index in [1.165, 1.54) is 0 Å². The first-order valence-corrected chi connectivity index (χ1v) is 8.89. The topological polar surface area (TPSA) is 74.4 Å². The standard InChI is InChI=1S/C16H28N4O4/c21-15(11-14-13-24-8-1-17-14)19-2-4-20(5-3-19)16(22)12-18-6-9-23-10-7-18/h14,17H,1-13H2. The van der Waals surface area contributed by atoms with E-state index in [-0.39, 0.29) is 17.9 Å². The smallest absolute Gasteiger partial charge is 0.236 e. The molecule has 3 fully saturated rings. The van der Waals surface area contributed by atoms with Crippen LogP contribution >= 0.6 is 0 Å². The lowest BCUT2D eigenvalue weighted by atomic mass is 10.1. The average molecular weight is 340 g/mol. The Hall–Kier alpha value is -1.22. The molecule has 1 atom stereocenters. The van der Waals surface area contributed by atoms with Crippen LogP contribution in [0.25, 0.3) is 0 Å². The summed E-state index contributed by atoms with van der Waals surface area (Å²) in [6.07, 6.45) is 0.474. The van der Waals surface area contributed by atoms with E-state index >= 15 is 0 Å². The van der Waals surface area contributed by atoms with E-state index in [9.17, 15) is 9.59 Å². The van der Waals surface area contributed by atoms with Gasteiger partial charge in [-0.05, 0) is 0 Å². The molecule has 3 heterocycles. The highest BCUT2D eigenvalue weighted by Crippen LogP contribution is 2.08. The van der Waals surface area contributed by atoms with Crippen molar-refractivity contribution in [2.45, 2.75) is 12.5 Å². The summed E-state index contributed by atoms with van der Waals surface area (Å²) >= 11 is 0. The Kier molecular flexibility index (Phi) is 6.42. The SMILES string of the molecule is O=C(CC1COCCN1)N1CCN(C(=O)CN2CCOCC2)CC1. The monoisotopic (exact) mass is 340 g/mol. The molecule has 0 bridgehead atoms. The van der Waals surface area contributed by atoms with Gasteiger partial charge in [0.2, 0.25) is 11.8 Å². The average Bonchev–Trinajstić information content (AvgIpc) is 2.63. The lowest BCUT2D eigenvalue weighted by Gasteiger charge is -2.37. The molecule has 0 radical (unpaired) electrons. The molecular weight excluding hydrogens is 312 g/mol. The fourth-order valence-electron chi connectivity index (χ4n) is 3.35. The Bertz CT molecular complexity index is 388. The number of morpholine rings is 2. The first kappa shape index (κ1) is 17.6. The highest BCUT2D eigenvalue weighted by molar-refractivity contribution is 5.80. The van der Waals surface area contributed by atoms with Crippen LogP contribution in [0.2, 0.25) is 0 Å². The number of ether oxygens (including phenoxy) is 2. The van der Waals surface area contributed by atoms with Crippen molar-refractivity contribution in [1.82, 2.24) is 20.0 Å². The van der Waals surface area contributed by atoms with E-state index in [4.69, 9.17) is 9.47 Å². The minimum atomic E-state index is 0.118. The molecule has 0 saturated carbocycles. The van der Waals surface area contributed by atoms with Crippen molar-refractivity contribution in [3.63, 3.8) is 0 Å². The molecule has 0 aromatic carbocycles. The van der Waals surface area contributed by atoms with Gasteiger partial charge in [0.25, 0.3) is 0 Å². The normalized spacial score (nSPS) is 26.4. The van der Waals surface area contributed by atoms with Crippen molar-refractivity contribution in [2.75, 3.05) is 78.8 Å². The second kappa shape index (κ2) is 8.75. The number of nitrogens with zero attached hydrogens (tertiary/aromatic N) is 3. The molecule has 0 aromatic heterocycles. The van der Waals surface area contributed by atoms with Crippen molar-refractivity contribution in [2.24, 2.45) is 0 Å². The summed E-state index contributed by atoms with van der Waals surface area (Å²) in [6, 6.07) is 0.118.